The van der Waals surface area contributed by atoms with Crippen LogP contribution in [0.15, 0.2) is 22.7 Å². The van der Waals surface area contributed by atoms with Crippen molar-refractivity contribution >= 4 is 12.0 Å². The maximum atomic E-state index is 11.0. The van der Waals surface area contributed by atoms with Crippen LogP contribution in [-0.2, 0) is 6.61 Å². The summed E-state index contributed by atoms with van der Waals surface area (Å²) in [6.45, 7) is 3.62. The molecule has 1 aromatic carbocycles. The first kappa shape index (κ1) is 13.7. The van der Waals surface area contributed by atoms with Gasteiger partial charge in [0.25, 0.3) is 0 Å². The second-order valence-electron chi connectivity index (χ2n) is 4.19. The summed E-state index contributed by atoms with van der Waals surface area (Å²) < 4.78 is 10.4. The van der Waals surface area contributed by atoms with E-state index in [9.17, 15) is 14.9 Å². The third-order valence-electron chi connectivity index (χ3n) is 2.87. The Morgan fingerprint density at radius 1 is 1.45 bits per heavy atom. The molecule has 0 bridgehead atoms. The van der Waals surface area contributed by atoms with Crippen LogP contribution in [0, 0.1) is 24.0 Å². The lowest BCUT2D eigenvalue weighted by molar-refractivity contribution is -0.386. The average Bonchev–Trinajstić information content (AvgIpc) is 2.75. The number of nitro benzene ring substituents is 1. The molecule has 0 aliphatic carbocycles. The van der Waals surface area contributed by atoms with Gasteiger partial charge in [-0.3, -0.25) is 14.9 Å². The highest BCUT2D eigenvalue weighted by atomic mass is 16.6. The summed E-state index contributed by atoms with van der Waals surface area (Å²) >= 11 is 0. The summed E-state index contributed by atoms with van der Waals surface area (Å²) in [7, 11) is 0. The van der Waals surface area contributed by atoms with Crippen LogP contribution in [0.4, 0.5) is 5.69 Å². The number of hydrogen-bond acceptors (Lipinski definition) is 6. The number of benzene rings is 1. The SMILES string of the molecule is Cc1noc(C)c1COc1ccc(C=O)cc1[N+](=O)[O-]. The van der Waals surface area contributed by atoms with Crippen molar-refractivity contribution in [3.05, 3.63) is 50.9 Å². The average molecular weight is 276 g/mol. The molecule has 2 rings (SSSR count). The number of nitrogens with zero attached hydrogens (tertiary/aromatic N) is 2. The molecule has 104 valence electrons. The summed E-state index contributed by atoms with van der Waals surface area (Å²) in [5, 5.41) is 14.7. The van der Waals surface area contributed by atoms with Crippen LogP contribution in [0.2, 0.25) is 0 Å². The Morgan fingerprint density at radius 2 is 2.20 bits per heavy atom. The van der Waals surface area contributed by atoms with E-state index in [0.717, 1.165) is 5.56 Å². The Hall–Kier alpha value is -2.70. The number of aryl methyl sites for hydroxylation is 2. The van der Waals surface area contributed by atoms with Crippen molar-refractivity contribution in [3.8, 4) is 5.75 Å². The van der Waals surface area contributed by atoms with Crippen molar-refractivity contribution in [2.24, 2.45) is 0 Å². The fourth-order valence-corrected chi connectivity index (χ4v) is 1.73. The molecule has 0 saturated heterocycles. The smallest absolute Gasteiger partial charge is 0.311 e. The van der Waals surface area contributed by atoms with Gasteiger partial charge in [-0.25, -0.2) is 0 Å². The van der Waals surface area contributed by atoms with Gasteiger partial charge in [-0.2, -0.15) is 0 Å². The fourth-order valence-electron chi connectivity index (χ4n) is 1.73. The highest BCUT2D eigenvalue weighted by Gasteiger charge is 2.17. The van der Waals surface area contributed by atoms with Gasteiger partial charge >= 0.3 is 5.69 Å². The molecule has 1 aromatic heterocycles. The van der Waals surface area contributed by atoms with E-state index in [1.165, 1.54) is 18.2 Å². The summed E-state index contributed by atoms with van der Waals surface area (Å²) in [6, 6.07) is 4.04. The zero-order valence-corrected chi connectivity index (χ0v) is 11.0. The van der Waals surface area contributed by atoms with Crippen molar-refractivity contribution in [1.82, 2.24) is 5.16 Å². The zero-order chi connectivity index (χ0) is 14.7. The Bertz CT molecular complexity index is 643. The van der Waals surface area contributed by atoms with E-state index in [2.05, 4.69) is 5.16 Å². The van der Waals surface area contributed by atoms with Gasteiger partial charge in [-0.05, 0) is 26.0 Å². The van der Waals surface area contributed by atoms with Gasteiger partial charge in [0.15, 0.2) is 5.75 Å². The molecule has 20 heavy (non-hydrogen) atoms. The molecule has 7 nitrogen and oxygen atoms in total. The lowest BCUT2D eigenvalue weighted by Gasteiger charge is -2.06. The zero-order valence-electron chi connectivity index (χ0n) is 11.0. The molecule has 0 fully saturated rings. The first-order valence-electron chi connectivity index (χ1n) is 5.81. The van der Waals surface area contributed by atoms with Crippen molar-refractivity contribution in [3.63, 3.8) is 0 Å². The largest absolute Gasteiger partial charge is 0.482 e. The van der Waals surface area contributed by atoms with Crippen molar-refractivity contribution in [2.75, 3.05) is 0 Å². The number of aldehydes is 1. The molecule has 0 saturated carbocycles. The van der Waals surface area contributed by atoms with E-state index in [4.69, 9.17) is 9.26 Å². The fraction of sp³-hybridized carbons (Fsp3) is 0.231. The molecular weight excluding hydrogens is 264 g/mol. The van der Waals surface area contributed by atoms with Gasteiger partial charge in [-0.15, -0.1) is 0 Å². The third kappa shape index (κ3) is 2.66. The maximum absolute atomic E-state index is 11.0. The molecule has 2 aromatic rings. The number of aromatic nitrogens is 1. The molecular formula is C13H12N2O5. The molecule has 0 radical (unpaired) electrons. The molecule has 0 atom stereocenters. The van der Waals surface area contributed by atoms with Gasteiger partial charge in [0, 0.05) is 11.6 Å². The molecule has 7 heteroatoms. The summed E-state index contributed by atoms with van der Waals surface area (Å²) in [5.74, 6) is 0.704. The summed E-state index contributed by atoms with van der Waals surface area (Å²) in [5.41, 5.74) is 1.40. The van der Waals surface area contributed by atoms with E-state index in [1.54, 1.807) is 13.8 Å². The van der Waals surface area contributed by atoms with Crippen LogP contribution in [0.3, 0.4) is 0 Å². The Labute approximate surface area is 114 Å². The minimum absolute atomic E-state index is 0.0978. The maximum Gasteiger partial charge on any atom is 0.311 e. The van der Waals surface area contributed by atoms with Gasteiger partial charge in [-0.1, -0.05) is 5.16 Å². The number of rotatable bonds is 5. The number of nitro groups is 1. The van der Waals surface area contributed by atoms with Crippen LogP contribution in [0.1, 0.15) is 27.4 Å². The van der Waals surface area contributed by atoms with Crippen LogP contribution in [0.5, 0.6) is 5.75 Å². The Morgan fingerprint density at radius 3 is 2.75 bits per heavy atom. The molecule has 0 aliphatic rings. The van der Waals surface area contributed by atoms with Crippen LogP contribution >= 0.6 is 0 Å². The van der Waals surface area contributed by atoms with Gasteiger partial charge in [0.2, 0.25) is 0 Å². The highest BCUT2D eigenvalue weighted by Crippen LogP contribution is 2.28. The van der Waals surface area contributed by atoms with E-state index >= 15 is 0 Å². The standard InChI is InChI=1S/C13H12N2O5/c1-8-11(9(2)20-14-8)7-19-13-4-3-10(6-16)5-12(13)15(17)18/h3-6H,7H2,1-2H3. The van der Waals surface area contributed by atoms with Gasteiger partial charge < -0.3 is 9.26 Å². The van der Waals surface area contributed by atoms with Crippen LogP contribution in [-0.4, -0.2) is 16.4 Å². The van der Waals surface area contributed by atoms with Crippen LogP contribution < -0.4 is 4.74 Å². The van der Waals surface area contributed by atoms with Crippen molar-refractivity contribution < 1.29 is 19.0 Å². The molecule has 0 N–H and O–H groups in total. The quantitative estimate of drug-likeness (QED) is 0.473. The second-order valence-corrected chi connectivity index (χ2v) is 4.19. The van der Waals surface area contributed by atoms with E-state index in [0.29, 0.717) is 17.7 Å². The monoisotopic (exact) mass is 276 g/mol. The second kappa shape index (κ2) is 5.52. The van der Waals surface area contributed by atoms with E-state index in [1.807, 2.05) is 0 Å². The molecule has 0 aliphatic heterocycles. The number of hydrogen-bond donors (Lipinski definition) is 0. The molecule has 1 heterocycles. The minimum Gasteiger partial charge on any atom is -0.482 e. The predicted octanol–water partition coefficient (Wildman–Crippen LogP) is 2.59. The van der Waals surface area contributed by atoms with E-state index < -0.39 is 4.92 Å². The normalized spacial score (nSPS) is 10.3. The number of carbonyl (C=O) groups excluding carboxylic acids is 1. The van der Waals surface area contributed by atoms with Crippen LogP contribution in [0.25, 0.3) is 0 Å². The lowest BCUT2D eigenvalue weighted by atomic mass is 10.2. The first-order chi connectivity index (χ1) is 9.52. The Kier molecular flexibility index (Phi) is 3.79. The lowest BCUT2D eigenvalue weighted by Crippen LogP contribution is -2.01. The van der Waals surface area contributed by atoms with Gasteiger partial charge in [0.05, 0.1) is 16.2 Å². The summed E-state index contributed by atoms with van der Waals surface area (Å²) in [6.07, 6.45) is 0.547. The number of ether oxygens (including phenoxy) is 1. The van der Waals surface area contributed by atoms with E-state index in [-0.39, 0.29) is 23.6 Å². The first-order valence-corrected chi connectivity index (χ1v) is 5.81. The number of carbonyl (C=O) groups is 1. The summed E-state index contributed by atoms with van der Waals surface area (Å²) in [4.78, 5) is 21.0. The molecule has 0 unspecified atom stereocenters. The van der Waals surface area contributed by atoms with Crippen molar-refractivity contribution in [1.29, 1.82) is 0 Å². The highest BCUT2D eigenvalue weighted by molar-refractivity contribution is 5.77. The van der Waals surface area contributed by atoms with Gasteiger partial charge in [0.1, 0.15) is 18.7 Å². The minimum atomic E-state index is -0.588. The predicted molar refractivity (Wildman–Crippen MR) is 68.8 cm³/mol. The Balaban J connectivity index is 2.25. The molecule has 0 spiro atoms. The topological polar surface area (TPSA) is 95.5 Å². The molecule has 0 amide bonds. The van der Waals surface area contributed by atoms with Crippen molar-refractivity contribution in [2.45, 2.75) is 20.5 Å². The third-order valence-corrected chi connectivity index (χ3v) is 2.87.